The molecule has 1 aliphatic rings. The van der Waals surface area contributed by atoms with Crippen molar-refractivity contribution in [3.8, 4) is 11.5 Å². The zero-order valence-corrected chi connectivity index (χ0v) is 13.0. The third-order valence-electron chi connectivity index (χ3n) is 3.73. The summed E-state index contributed by atoms with van der Waals surface area (Å²) in [5, 5.41) is 12.2. The van der Waals surface area contributed by atoms with E-state index in [0.29, 0.717) is 17.0 Å². The van der Waals surface area contributed by atoms with E-state index >= 15 is 0 Å². The fourth-order valence-electron chi connectivity index (χ4n) is 2.64. The largest absolute Gasteiger partial charge is 0.493 e. The Labute approximate surface area is 137 Å². The first kappa shape index (κ1) is 15.7. The Kier molecular flexibility index (Phi) is 3.99. The number of carbonyl (C=O) groups excluding carboxylic acids is 1. The number of methoxy groups -OCH3 is 2. The second kappa shape index (κ2) is 6.11. The van der Waals surface area contributed by atoms with E-state index in [4.69, 9.17) is 14.2 Å². The molecule has 0 saturated heterocycles. The maximum absolute atomic E-state index is 12.2. The Morgan fingerprint density at radius 1 is 1.17 bits per heavy atom. The van der Waals surface area contributed by atoms with Crippen LogP contribution in [0.3, 0.4) is 0 Å². The van der Waals surface area contributed by atoms with Crippen molar-refractivity contribution in [2.24, 2.45) is 0 Å². The molecule has 7 heteroatoms. The molecule has 0 amide bonds. The lowest BCUT2D eigenvalue weighted by atomic mass is 10.1. The van der Waals surface area contributed by atoms with Crippen molar-refractivity contribution in [1.82, 2.24) is 0 Å². The normalized spacial score (nSPS) is 15.4. The zero-order valence-electron chi connectivity index (χ0n) is 13.0. The highest BCUT2D eigenvalue weighted by Crippen LogP contribution is 2.42. The summed E-state index contributed by atoms with van der Waals surface area (Å²) < 4.78 is 15.8. The van der Waals surface area contributed by atoms with Gasteiger partial charge < -0.3 is 24.6 Å². The van der Waals surface area contributed by atoms with E-state index in [1.165, 1.54) is 20.3 Å². The molecule has 7 nitrogen and oxygen atoms in total. The summed E-state index contributed by atoms with van der Waals surface area (Å²) in [6.07, 6.45) is -0.812. The van der Waals surface area contributed by atoms with Gasteiger partial charge in [0.1, 0.15) is 5.56 Å². The number of para-hydroxylation sites is 1. The average Bonchev–Trinajstić information content (AvgIpc) is 2.90. The number of ether oxygens (including phenoxy) is 3. The number of esters is 1. The minimum Gasteiger partial charge on any atom is -0.493 e. The molecule has 1 aliphatic heterocycles. The number of fused-ring (bicyclic) bond motifs is 1. The molecule has 2 aromatic carbocycles. The lowest BCUT2D eigenvalue weighted by molar-refractivity contribution is 0.0435. The second-order valence-corrected chi connectivity index (χ2v) is 5.05. The van der Waals surface area contributed by atoms with Crippen LogP contribution in [0.2, 0.25) is 0 Å². The van der Waals surface area contributed by atoms with E-state index in [9.17, 15) is 14.7 Å². The molecule has 0 aliphatic carbocycles. The molecule has 0 saturated carbocycles. The van der Waals surface area contributed by atoms with E-state index in [0.717, 1.165) is 0 Å². The first-order valence-corrected chi connectivity index (χ1v) is 7.11. The molecule has 24 heavy (non-hydrogen) atoms. The molecule has 1 unspecified atom stereocenters. The summed E-state index contributed by atoms with van der Waals surface area (Å²) in [6.45, 7) is 0. The predicted molar refractivity (Wildman–Crippen MR) is 84.7 cm³/mol. The lowest BCUT2D eigenvalue weighted by Gasteiger charge is -2.16. The SMILES string of the molecule is COc1ccc2c(c1OC)C(=O)OC2Nc1ccccc1C(=O)O. The van der Waals surface area contributed by atoms with Crippen molar-refractivity contribution < 1.29 is 28.9 Å². The zero-order chi connectivity index (χ0) is 17.3. The van der Waals surface area contributed by atoms with Gasteiger partial charge in [-0.3, -0.25) is 0 Å². The smallest absolute Gasteiger partial charge is 0.344 e. The van der Waals surface area contributed by atoms with Crippen molar-refractivity contribution in [1.29, 1.82) is 0 Å². The molecule has 3 rings (SSSR count). The maximum Gasteiger partial charge on any atom is 0.344 e. The van der Waals surface area contributed by atoms with Crippen LogP contribution in [0.5, 0.6) is 11.5 Å². The standard InChI is InChI=1S/C17H15NO6/c1-22-12-8-7-10-13(14(12)23-2)17(21)24-15(10)18-11-6-4-3-5-9(11)16(19)20/h3-8,15,18H,1-2H3,(H,19,20). The first-order valence-electron chi connectivity index (χ1n) is 7.11. The minimum atomic E-state index is -1.07. The number of carbonyl (C=O) groups is 2. The van der Waals surface area contributed by atoms with Gasteiger partial charge in [-0.2, -0.15) is 0 Å². The molecule has 0 fully saturated rings. The van der Waals surface area contributed by atoms with E-state index in [-0.39, 0.29) is 16.9 Å². The average molecular weight is 329 g/mol. The Morgan fingerprint density at radius 2 is 1.92 bits per heavy atom. The van der Waals surface area contributed by atoms with Crippen LogP contribution in [-0.4, -0.2) is 31.3 Å². The Hall–Kier alpha value is -3.22. The van der Waals surface area contributed by atoms with Crippen LogP contribution in [0.4, 0.5) is 5.69 Å². The van der Waals surface area contributed by atoms with Gasteiger partial charge in [0.15, 0.2) is 11.5 Å². The molecule has 0 radical (unpaired) electrons. The number of carboxylic acids is 1. The van der Waals surface area contributed by atoms with Crippen LogP contribution in [0.25, 0.3) is 0 Å². The van der Waals surface area contributed by atoms with Crippen LogP contribution in [0, 0.1) is 0 Å². The van der Waals surface area contributed by atoms with Gasteiger partial charge in [0.2, 0.25) is 6.23 Å². The topological polar surface area (TPSA) is 94.1 Å². The second-order valence-electron chi connectivity index (χ2n) is 5.05. The van der Waals surface area contributed by atoms with Gasteiger partial charge in [0.25, 0.3) is 0 Å². The number of aromatic carboxylic acids is 1. The van der Waals surface area contributed by atoms with Crippen molar-refractivity contribution >= 4 is 17.6 Å². The lowest BCUT2D eigenvalue weighted by Crippen LogP contribution is -2.13. The summed E-state index contributed by atoms with van der Waals surface area (Å²) >= 11 is 0. The quantitative estimate of drug-likeness (QED) is 0.814. The molecular weight excluding hydrogens is 314 g/mol. The summed E-state index contributed by atoms with van der Waals surface area (Å²) in [7, 11) is 2.91. The number of hydrogen-bond acceptors (Lipinski definition) is 6. The van der Waals surface area contributed by atoms with Crippen molar-refractivity contribution in [3.63, 3.8) is 0 Å². The van der Waals surface area contributed by atoms with Gasteiger partial charge in [0, 0.05) is 5.56 Å². The van der Waals surface area contributed by atoms with Crippen LogP contribution in [0.15, 0.2) is 36.4 Å². The highest BCUT2D eigenvalue weighted by Gasteiger charge is 2.36. The maximum atomic E-state index is 12.2. The summed E-state index contributed by atoms with van der Waals surface area (Å²) in [5.74, 6) is -0.934. The summed E-state index contributed by atoms with van der Waals surface area (Å²) in [5.41, 5.74) is 1.26. The van der Waals surface area contributed by atoms with Crippen molar-refractivity contribution in [3.05, 3.63) is 53.1 Å². The third-order valence-corrected chi connectivity index (χ3v) is 3.73. The van der Waals surface area contributed by atoms with Gasteiger partial charge in [0.05, 0.1) is 25.5 Å². The van der Waals surface area contributed by atoms with Gasteiger partial charge in [-0.05, 0) is 24.3 Å². The highest BCUT2D eigenvalue weighted by molar-refractivity contribution is 5.99. The van der Waals surface area contributed by atoms with Crippen molar-refractivity contribution in [2.45, 2.75) is 6.23 Å². The molecule has 124 valence electrons. The number of benzene rings is 2. The van der Waals surface area contributed by atoms with Crippen LogP contribution in [-0.2, 0) is 4.74 Å². The summed E-state index contributed by atoms with van der Waals surface area (Å²) in [6, 6.07) is 9.74. The minimum absolute atomic E-state index is 0.0856. The molecular formula is C17H15NO6. The fourth-order valence-corrected chi connectivity index (χ4v) is 2.64. The monoisotopic (exact) mass is 329 g/mol. The number of hydrogen-bond donors (Lipinski definition) is 2. The Morgan fingerprint density at radius 3 is 2.58 bits per heavy atom. The van der Waals surface area contributed by atoms with E-state index in [1.54, 1.807) is 30.3 Å². The van der Waals surface area contributed by atoms with E-state index in [1.807, 2.05) is 0 Å². The van der Waals surface area contributed by atoms with Crippen LogP contribution >= 0.6 is 0 Å². The van der Waals surface area contributed by atoms with Crippen LogP contribution < -0.4 is 14.8 Å². The summed E-state index contributed by atoms with van der Waals surface area (Å²) in [4.78, 5) is 23.5. The fraction of sp³-hybridized carbons (Fsp3) is 0.176. The number of cyclic esters (lactones) is 1. The number of nitrogens with one attached hydrogen (secondary N) is 1. The first-order chi connectivity index (χ1) is 11.6. The predicted octanol–water partition coefficient (Wildman–Crippen LogP) is 2.68. The molecule has 0 bridgehead atoms. The molecule has 0 aromatic heterocycles. The highest BCUT2D eigenvalue weighted by atomic mass is 16.6. The molecule has 2 aromatic rings. The number of carboxylic acid groups (broad SMARTS) is 1. The van der Waals surface area contributed by atoms with E-state index in [2.05, 4.69) is 5.32 Å². The van der Waals surface area contributed by atoms with Gasteiger partial charge in [-0.1, -0.05) is 12.1 Å². The van der Waals surface area contributed by atoms with Gasteiger partial charge >= 0.3 is 11.9 Å². The van der Waals surface area contributed by atoms with Crippen LogP contribution in [0.1, 0.15) is 32.5 Å². The van der Waals surface area contributed by atoms with Gasteiger partial charge in [-0.15, -0.1) is 0 Å². The molecule has 1 heterocycles. The molecule has 0 spiro atoms. The molecule has 1 atom stereocenters. The Balaban J connectivity index is 2.01. The number of anilines is 1. The van der Waals surface area contributed by atoms with E-state index < -0.39 is 18.2 Å². The van der Waals surface area contributed by atoms with Crippen molar-refractivity contribution in [2.75, 3.05) is 19.5 Å². The molecule has 2 N–H and O–H groups in total. The van der Waals surface area contributed by atoms with Gasteiger partial charge in [-0.25, -0.2) is 9.59 Å². The number of rotatable bonds is 5. The Bertz CT molecular complexity index is 817. The third kappa shape index (κ3) is 2.50.